The molecule has 4 heterocycles. The number of nitrogens with one attached hydrogen (secondary N) is 1. The monoisotopic (exact) mass is 486 g/mol. The molecule has 36 heavy (non-hydrogen) atoms. The van der Waals surface area contributed by atoms with Gasteiger partial charge in [0.15, 0.2) is 5.82 Å². The van der Waals surface area contributed by atoms with E-state index >= 15 is 0 Å². The van der Waals surface area contributed by atoms with Gasteiger partial charge in [-0.05, 0) is 81.8 Å². The van der Waals surface area contributed by atoms with Crippen molar-refractivity contribution in [3.8, 4) is 0 Å². The van der Waals surface area contributed by atoms with E-state index in [1.807, 2.05) is 6.92 Å². The van der Waals surface area contributed by atoms with Crippen LogP contribution in [-0.4, -0.2) is 47.8 Å². The van der Waals surface area contributed by atoms with Gasteiger partial charge < -0.3 is 4.57 Å². The van der Waals surface area contributed by atoms with Crippen LogP contribution < -0.4 is 0 Å². The van der Waals surface area contributed by atoms with Crippen LogP contribution in [0.15, 0.2) is 24.3 Å². The average Bonchev–Trinajstić information content (AvgIpc) is 3.41. The summed E-state index contributed by atoms with van der Waals surface area (Å²) in [6.07, 6.45) is 16.3. The second-order valence-electron chi connectivity index (χ2n) is 12.6. The Morgan fingerprint density at radius 1 is 0.861 bits per heavy atom. The summed E-state index contributed by atoms with van der Waals surface area (Å²) in [5.41, 5.74) is 2.39. The van der Waals surface area contributed by atoms with Crippen molar-refractivity contribution >= 4 is 11.0 Å². The van der Waals surface area contributed by atoms with Crippen LogP contribution in [0.5, 0.6) is 0 Å². The van der Waals surface area contributed by atoms with Gasteiger partial charge in [0.2, 0.25) is 0 Å². The largest absolute Gasteiger partial charge is 0.324 e. The molecular formula is C30H42N6. The number of rotatable bonds is 4. The number of H-pyrrole nitrogens is 1. The number of imidazole rings is 1. The molecule has 7 rings (SSSR count). The highest BCUT2D eigenvalue weighted by Gasteiger charge is 2.47. The number of fused-ring (bicyclic) bond motifs is 5. The average molecular weight is 487 g/mol. The Bertz CT molecular complexity index is 1200. The molecule has 4 fully saturated rings. The Labute approximate surface area is 215 Å². The molecule has 0 spiro atoms. The van der Waals surface area contributed by atoms with Gasteiger partial charge in [-0.1, -0.05) is 44.7 Å². The van der Waals surface area contributed by atoms with Gasteiger partial charge in [0, 0.05) is 24.2 Å². The first-order valence-corrected chi connectivity index (χ1v) is 14.7. The third-order valence-electron chi connectivity index (χ3n) is 10.2. The van der Waals surface area contributed by atoms with Crippen molar-refractivity contribution in [3.63, 3.8) is 0 Å². The molecule has 6 nitrogen and oxygen atoms in total. The number of aromatic nitrogens is 5. The van der Waals surface area contributed by atoms with Gasteiger partial charge in [-0.15, -0.1) is 0 Å². The summed E-state index contributed by atoms with van der Waals surface area (Å²) in [6.45, 7) is 4.51. The van der Waals surface area contributed by atoms with Gasteiger partial charge in [-0.3, -0.25) is 10.00 Å². The molecule has 2 aliphatic carbocycles. The normalized spacial score (nSPS) is 35.1. The van der Waals surface area contributed by atoms with Crippen LogP contribution >= 0.6 is 0 Å². The third kappa shape index (κ3) is 4.09. The number of hydrogen-bond acceptors (Lipinski definition) is 4. The quantitative estimate of drug-likeness (QED) is 0.476. The summed E-state index contributed by atoms with van der Waals surface area (Å²) in [5.74, 6) is 5.60. The molecule has 2 saturated heterocycles. The SMILES string of the molecule is Cc1nc(Cc2nc3ccccc3n2[C@H]2C[C@H]3CC[C@H](C)[C@@H](C2)N3C2C[C@H]3CCCC[C@@H](C2)C3)n[nH]1. The Balaban J connectivity index is 1.21. The predicted octanol–water partition coefficient (Wildman–Crippen LogP) is 6.22. The van der Waals surface area contributed by atoms with Gasteiger partial charge in [0.1, 0.15) is 11.6 Å². The lowest BCUT2D eigenvalue weighted by molar-refractivity contribution is -0.0641. The predicted molar refractivity (Wildman–Crippen MR) is 143 cm³/mol. The standard InChI is InChI=1S/C30H42N6/c1-19-11-12-23-16-25(17-28(19)35(23)24-14-21-7-3-4-8-22(13-21)15-24)36-27-10-6-5-9-26(27)32-30(36)18-29-31-20(2)33-34-29/h5-6,9-10,19,21-25,28H,3-4,7-8,11-18H2,1-2H3,(H,31,33,34)/t19-,21-,22+,23+,24?,25-,28+/m0/s1. The smallest absolute Gasteiger partial charge is 0.158 e. The van der Waals surface area contributed by atoms with E-state index in [0.29, 0.717) is 18.5 Å². The minimum absolute atomic E-state index is 0.507. The molecule has 3 aromatic rings. The van der Waals surface area contributed by atoms with Gasteiger partial charge >= 0.3 is 0 Å². The summed E-state index contributed by atoms with van der Waals surface area (Å²) in [4.78, 5) is 12.8. The number of benzene rings is 1. The number of aromatic amines is 1. The van der Waals surface area contributed by atoms with Crippen LogP contribution in [0.3, 0.4) is 0 Å². The van der Waals surface area contributed by atoms with E-state index in [2.05, 4.69) is 55.8 Å². The summed E-state index contributed by atoms with van der Waals surface area (Å²) in [5, 5.41) is 7.47. The fourth-order valence-electron chi connectivity index (χ4n) is 8.77. The zero-order valence-electron chi connectivity index (χ0n) is 22.1. The van der Waals surface area contributed by atoms with Crippen molar-refractivity contribution in [1.82, 2.24) is 29.6 Å². The van der Waals surface area contributed by atoms with E-state index < -0.39 is 0 Å². The minimum atomic E-state index is 0.507. The highest BCUT2D eigenvalue weighted by atomic mass is 15.3. The van der Waals surface area contributed by atoms with Crippen LogP contribution in [0.4, 0.5) is 0 Å². The first-order chi connectivity index (χ1) is 17.6. The van der Waals surface area contributed by atoms with E-state index in [1.54, 1.807) is 0 Å². The maximum Gasteiger partial charge on any atom is 0.158 e. The van der Waals surface area contributed by atoms with Gasteiger partial charge in [0.05, 0.1) is 17.5 Å². The van der Waals surface area contributed by atoms with E-state index in [4.69, 9.17) is 4.98 Å². The summed E-state index contributed by atoms with van der Waals surface area (Å²) in [7, 11) is 0. The number of aryl methyl sites for hydroxylation is 1. The van der Waals surface area contributed by atoms with Gasteiger partial charge in [-0.25, -0.2) is 9.97 Å². The molecule has 1 aromatic carbocycles. The number of piperidine rings is 2. The maximum absolute atomic E-state index is 5.12. The lowest BCUT2D eigenvalue weighted by Crippen LogP contribution is -2.60. The lowest BCUT2D eigenvalue weighted by atomic mass is 9.71. The summed E-state index contributed by atoms with van der Waals surface area (Å²) in [6, 6.07) is 11.5. The Morgan fingerprint density at radius 2 is 1.67 bits per heavy atom. The third-order valence-corrected chi connectivity index (χ3v) is 10.2. The van der Waals surface area contributed by atoms with Crippen molar-refractivity contribution in [1.29, 1.82) is 0 Å². The fourth-order valence-corrected chi connectivity index (χ4v) is 8.77. The van der Waals surface area contributed by atoms with Crippen molar-refractivity contribution in [2.24, 2.45) is 17.8 Å². The van der Waals surface area contributed by atoms with Crippen molar-refractivity contribution in [2.45, 2.75) is 115 Å². The molecule has 1 N–H and O–H groups in total. The van der Waals surface area contributed by atoms with Crippen LogP contribution in [0.25, 0.3) is 11.0 Å². The van der Waals surface area contributed by atoms with Crippen molar-refractivity contribution in [2.75, 3.05) is 0 Å². The number of nitrogens with zero attached hydrogens (tertiary/aromatic N) is 5. The molecule has 4 bridgehead atoms. The first-order valence-electron chi connectivity index (χ1n) is 14.7. The molecule has 4 aliphatic rings. The van der Waals surface area contributed by atoms with Crippen LogP contribution in [0.2, 0.25) is 0 Å². The Hall–Kier alpha value is -2.21. The lowest BCUT2D eigenvalue weighted by Gasteiger charge is -2.56. The van der Waals surface area contributed by atoms with E-state index in [-0.39, 0.29) is 0 Å². The number of para-hydroxylation sites is 2. The molecular weight excluding hydrogens is 444 g/mol. The topological polar surface area (TPSA) is 62.6 Å². The Morgan fingerprint density at radius 3 is 2.44 bits per heavy atom. The molecule has 2 saturated carbocycles. The molecule has 6 heteroatoms. The second kappa shape index (κ2) is 9.27. The van der Waals surface area contributed by atoms with Crippen molar-refractivity contribution < 1.29 is 0 Å². The van der Waals surface area contributed by atoms with Crippen molar-refractivity contribution in [3.05, 3.63) is 41.7 Å². The molecule has 2 aromatic heterocycles. The zero-order valence-corrected chi connectivity index (χ0v) is 22.1. The van der Waals surface area contributed by atoms with Crippen LogP contribution in [0.1, 0.15) is 101 Å². The summed E-state index contributed by atoms with van der Waals surface area (Å²) >= 11 is 0. The minimum Gasteiger partial charge on any atom is -0.324 e. The molecule has 192 valence electrons. The fraction of sp³-hybridized carbons (Fsp3) is 0.700. The van der Waals surface area contributed by atoms with E-state index in [9.17, 15) is 0 Å². The van der Waals surface area contributed by atoms with Crippen LogP contribution in [-0.2, 0) is 6.42 Å². The van der Waals surface area contributed by atoms with E-state index in [1.165, 1.54) is 76.1 Å². The van der Waals surface area contributed by atoms with E-state index in [0.717, 1.165) is 52.8 Å². The van der Waals surface area contributed by atoms with Gasteiger partial charge in [0.25, 0.3) is 0 Å². The van der Waals surface area contributed by atoms with Gasteiger partial charge in [-0.2, -0.15) is 5.10 Å². The summed E-state index contributed by atoms with van der Waals surface area (Å²) < 4.78 is 2.59. The Kier molecular flexibility index (Phi) is 5.91. The first kappa shape index (κ1) is 22.9. The molecule has 0 radical (unpaired) electrons. The molecule has 0 amide bonds. The molecule has 1 unspecified atom stereocenters. The number of hydrogen-bond donors (Lipinski definition) is 1. The van der Waals surface area contributed by atoms with Crippen LogP contribution in [0, 0.1) is 24.7 Å². The highest BCUT2D eigenvalue weighted by Crippen LogP contribution is 2.48. The highest BCUT2D eigenvalue weighted by molar-refractivity contribution is 5.76. The molecule has 2 aliphatic heterocycles. The maximum atomic E-state index is 5.12. The zero-order chi connectivity index (χ0) is 24.2. The molecule has 7 atom stereocenters. The second-order valence-corrected chi connectivity index (χ2v) is 12.6.